The minimum absolute atomic E-state index is 0.0312. The van der Waals surface area contributed by atoms with Gasteiger partial charge in [-0.15, -0.1) is 11.3 Å². The summed E-state index contributed by atoms with van der Waals surface area (Å²) in [5, 5.41) is 4.26. The Morgan fingerprint density at radius 2 is 1.83 bits per heavy atom. The van der Waals surface area contributed by atoms with Crippen molar-refractivity contribution < 1.29 is 4.74 Å². The normalized spacial score (nSPS) is 16.8. The SMILES string of the molecule is CC(C)n1c(Nc2ccc(N3CCOCC3)cc2)nc2sc3c(c2c1=O)CCCC3. The van der Waals surface area contributed by atoms with Crippen LogP contribution in [-0.2, 0) is 17.6 Å². The van der Waals surface area contributed by atoms with Crippen LogP contribution in [0.4, 0.5) is 17.3 Å². The molecule has 158 valence electrons. The van der Waals surface area contributed by atoms with Crippen molar-refractivity contribution in [2.75, 3.05) is 36.5 Å². The van der Waals surface area contributed by atoms with Crippen LogP contribution in [0, 0.1) is 0 Å². The molecule has 3 aromatic rings. The monoisotopic (exact) mass is 424 g/mol. The van der Waals surface area contributed by atoms with Gasteiger partial charge in [-0.3, -0.25) is 9.36 Å². The van der Waals surface area contributed by atoms with E-state index >= 15 is 0 Å². The molecule has 3 heterocycles. The minimum atomic E-state index is 0.0312. The fourth-order valence-electron chi connectivity index (χ4n) is 4.49. The lowest BCUT2D eigenvalue weighted by Gasteiger charge is -2.29. The Balaban J connectivity index is 1.50. The highest BCUT2D eigenvalue weighted by molar-refractivity contribution is 7.18. The Morgan fingerprint density at radius 1 is 1.10 bits per heavy atom. The van der Waals surface area contributed by atoms with Crippen molar-refractivity contribution in [1.29, 1.82) is 0 Å². The standard InChI is InChI=1S/C23H28N4O2S/c1-15(2)27-22(28)20-18-5-3-4-6-19(18)30-21(20)25-23(27)24-16-7-9-17(10-8-16)26-11-13-29-14-12-26/h7-10,15H,3-6,11-14H2,1-2H3,(H,24,25). The Labute approximate surface area is 180 Å². The summed E-state index contributed by atoms with van der Waals surface area (Å²) >= 11 is 1.70. The quantitative estimate of drug-likeness (QED) is 0.668. The van der Waals surface area contributed by atoms with Crippen LogP contribution in [0.2, 0.25) is 0 Å². The summed E-state index contributed by atoms with van der Waals surface area (Å²) in [4.78, 5) is 22.9. The van der Waals surface area contributed by atoms with E-state index in [1.807, 2.05) is 13.8 Å². The van der Waals surface area contributed by atoms with E-state index in [-0.39, 0.29) is 11.6 Å². The number of nitrogens with zero attached hydrogens (tertiary/aromatic N) is 3. The summed E-state index contributed by atoms with van der Waals surface area (Å²) in [6.45, 7) is 7.47. The first-order valence-electron chi connectivity index (χ1n) is 10.9. The summed E-state index contributed by atoms with van der Waals surface area (Å²) < 4.78 is 7.25. The van der Waals surface area contributed by atoms with E-state index in [4.69, 9.17) is 9.72 Å². The van der Waals surface area contributed by atoms with Crippen LogP contribution in [0.15, 0.2) is 29.1 Å². The second kappa shape index (κ2) is 8.04. The molecular weight excluding hydrogens is 396 g/mol. The van der Waals surface area contributed by atoms with Gasteiger partial charge < -0.3 is 15.0 Å². The van der Waals surface area contributed by atoms with Crippen molar-refractivity contribution in [2.24, 2.45) is 0 Å². The molecule has 6 nitrogen and oxygen atoms in total. The number of hydrogen-bond acceptors (Lipinski definition) is 6. The van der Waals surface area contributed by atoms with Gasteiger partial charge in [0.05, 0.1) is 18.6 Å². The molecule has 5 rings (SSSR count). The Kier molecular flexibility index (Phi) is 5.25. The number of hydrogen-bond donors (Lipinski definition) is 1. The third-order valence-corrected chi connectivity index (χ3v) is 7.22. The van der Waals surface area contributed by atoms with Gasteiger partial charge in [0, 0.05) is 35.4 Å². The molecule has 1 fully saturated rings. The molecule has 1 saturated heterocycles. The first kappa shape index (κ1) is 19.6. The molecule has 7 heteroatoms. The van der Waals surface area contributed by atoms with Gasteiger partial charge in [-0.1, -0.05) is 0 Å². The maximum atomic E-state index is 13.4. The van der Waals surface area contributed by atoms with E-state index < -0.39 is 0 Å². The molecule has 0 saturated carbocycles. The molecular formula is C23H28N4O2S. The van der Waals surface area contributed by atoms with E-state index in [0.717, 1.165) is 61.5 Å². The number of nitrogens with one attached hydrogen (secondary N) is 1. The Morgan fingerprint density at radius 3 is 2.57 bits per heavy atom. The van der Waals surface area contributed by atoms with Crippen LogP contribution in [-0.4, -0.2) is 35.9 Å². The summed E-state index contributed by atoms with van der Waals surface area (Å²) in [5.41, 5.74) is 3.46. The van der Waals surface area contributed by atoms with E-state index in [1.165, 1.54) is 22.5 Å². The molecule has 0 bridgehead atoms. The van der Waals surface area contributed by atoms with Gasteiger partial charge in [0.1, 0.15) is 4.83 Å². The predicted octanol–water partition coefficient (Wildman–Crippen LogP) is 4.50. The third kappa shape index (κ3) is 3.50. The number of aryl methyl sites for hydroxylation is 2. The summed E-state index contributed by atoms with van der Waals surface area (Å²) in [7, 11) is 0. The second-order valence-electron chi connectivity index (χ2n) is 8.37. The molecule has 0 atom stereocenters. The van der Waals surface area contributed by atoms with Gasteiger partial charge >= 0.3 is 0 Å². The number of aromatic nitrogens is 2. The zero-order valence-electron chi connectivity index (χ0n) is 17.6. The molecule has 2 aromatic heterocycles. The highest BCUT2D eigenvalue weighted by Gasteiger charge is 2.23. The second-order valence-corrected chi connectivity index (χ2v) is 9.45. The van der Waals surface area contributed by atoms with Crippen molar-refractivity contribution in [3.8, 4) is 0 Å². The first-order valence-corrected chi connectivity index (χ1v) is 11.7. The molecule has 2 aliphatic rings. The lowest BCUT2D eigenvalue weighted by atomic mass is 9.97. The van der Waals surface area contributed by atoms with E-state index in [0.29, 0.717) is 5.95 Å². The van der Waals surface area contributed by atoms with Crippen LogP contribution in [0.5, 0.6) is 0 Å². The van der Waals surface area contributed by atoms with Gasteiger partial charge in [0.15, 0.2) is 0 Å². The number of morpholine rings is 1. The Bertz CT molecular complexity index is 1110. The van der Waals surface area contributed by atoms with Crippen molar-refractivity contribution in [3.05, 3.63) is 45.1 Å². The van der Waals surface area contributed by atoms with Gasteiger partial charge in [0.2, 0.25) is 5.95 Å². The highest BCUT2D eigenvalue weighted by Crippen LogP contribution is 2.35. The van der Waals surface area contributed by atoms with Crippen LogP contribution >= 0.6 is 11.3 Å². The number of rotatable bonds is 4. The van der Waals surface area contributed by atoms with Crippen LogP contribution in [0.1, 0.15) is 43.2 Å². The number of thiophene rings is 1. The van der Waals surface area contributed by atoms with Crippen molar-refractivity contribution in [2.45, 2.75) is 45.6 Å². The average molecular weight is 425 g/mol. The molecule has 1 aliphatic carbocycles. The zero-order valence-corrected chi connectivity index (χ0v) is 18.4. The highest BCUT2D eigenvalue weighted by atomic mass is 32.1. The average Bonchev–Trinajstić information content (AvgIpc) is 3.13. The zero-order chi connectivity index (χ0) is 20.7. The summed E-state index contributed by atoms with van der Waals surface area (Å²) in [6.07, 6.45) is 4.44. The van der Waals surface area contributed by atoms with Crippen LogP contribution < -0.4 is 15.8 Å². The number of benzene rings is 1. The molecule has 0 amide bonds. The van der Waals surface area contributed by atoms with Gasteiger partial charge in [-0.05, 0) is 69.4 Å². The van der Waals surface area contributed by atoms with Gasteiger partial charge in [-0.25, -0.2) is 4.98 Å². The van der Waals surface area contributed by atoms with E-state index in [2.05, 4.69) is 34.5 Å². The van der Waals surface area contributed by atoms with E-state index in [9.17, 15) is 4.79 Å². The lowest BCUT2D eigenvalue weighted by Crippen LogP contribution is -2.36. The summed E-state index contributed by atoms with van der Waals surface area (Å²) in [5.74, 6) is 0.625. The van der Waals surface area contributed by atoms with Gasteiger partial charge in [-0.2, -0.15) is 0 Å². The smallest absolute Gasteiger partial charge is 0.264 e. The largest absolute Gasteiger partial charge is 0.378 e. The summed E-state index contributed by atoms with van der Waals surface area (Å²) in [6, 6.07) is 8.39. The van der Waals surface area contributed by atoms with Crippen molar-refractivity contribution >= 4 is 38.9 Å². The number of anilines is 3. The fourth-order valence-corrected chi connectivity index (χ4v) is 5.74. The molecule has 1 aromatic carbocycles. The minimum Gasteiger partial charge on any atom is -0.378 e. The number of fused-ring (bicyclic) bond motifs is 3. The number of ether oxygens (including phenoxy) is 1. The molecule has 1 N–H and O–H groups in total. The predicted molar refractivity (Wildman–Crippen MR) is 124 cm³/mol. The topological polar surface area (TPSA) is 59.4 Å². The molecule has 30 heavy (non-hydrogen) atoms. The lowest BCUT2D eigenvalue weighted by molar-refractivity contribution is 0.122. The third-order valence-electron chi connectivity index (χ3n) is 6.04. The van der Waals surface area contributed by atoms with Crippen molar-refractivity contribution in [3.63, 3.8) is 0 Å². The molecule has 0 radical (unpaired) electrons. The van der Waals surface area contributed by atoms with E-state index in [1.54, 1.807) is 15.9 Å². The van der Waals surface area contributed by atoms with Crippen LogP contribution in [0.3, 0.4) is 0 Å². The first-order chi connectivity index (χ1) is 14.6. The molecule has 0 unspecified atom stereocenters. The van der Waals surface area contributed by atoms with Crippen molar-refractivity contribution in [1.82, 2.24) is 9.55 Å². The maximum absolute atomic E-state index is 13.4. The maximum Gasteiger partial charge on any atom is 0.264 e. The molecule has 1 aliphatic heterocycles. The fraction of sp³-hybridized carbons (Fsp3) is 0.478. The Hall–Kier alpha value is -2.38. The molecule has 0 spiro atoms. The van der Waals surface area contributed by atoms with Crippen LogP contribution in [0.25, 0.3) is 10.2 Å². The van der Waals surface area contributed by atoms with Gasteiger partial charge in [0.25, 0.3) is 5.56 Å².